The SMILES string of the molecule is O=C(NC1CCCc2occc21)C1CCCN1C(=O)c1cc(Cl)ccc1Cl. The first-order valence-corrected chi connectivity index (χ1v) is 9.93. The summed E-state index contributed by atoms with van der Waals surface area (Å²) in [5, 5.41) is 3.89. The highest BCUT2D eigenvalue weighted by molar-refractivity contribution is 6.35. The molecule has 2 amide bonds. The summed E-state index contributed by atoms with van der Waals surface area (Å²) in [6.45, 7) is 0.529. The third-order valence-corrected chi connectivity index (χ3v) is 5.91. The van der Waals surface area contributed by atoms with Crippen molar-refractivity contribution in [2.75, 3.05) is 6.54 Å². The average molecular weight is 407 g/mol. The van der Waals surface area contributed by atoms with E-state index in [-0.39, 0.29) is 17.9 Å². The minimum Gasteiger partial charge on any atom is -0.469 e. The quantitative estimate of drug-likeness (QED) is 0.821. The van der Waals surface area contributed by atoms with E-state index >= 15 is 0 Å². The van der Waals surface area contributed by atoms with E-state index in [0.717, 1.165) is 37.0 Å². The fourth-order valence-corrected chi connectivity index (χ4v) is 4.37. The van der Waals surface area contributed by atoms with Crippen LogP contribution in [0.1, 0.15) is 53.4 Å². The molecule has 2 aliphatic rings. The molecule has 1 N–H and O–H groups in total. The third kappa shape index (κ3) is 3.58. The predicted octanol–water partition coefficient (Wildman–Crippen LogP) is 4.38. The van der Waals surface area contributed by atoms with Crippen LogP contribution < -0.4 is 5.32 Å². The van der Waals surface area contributed by atoms with Crippen molar-refractivity contribution in [1.82, 2.24) is 10.2 Å². The Hall–Kier alpha value is -1.98. The Kier molecular flexibility index (Phi) is 5.15. The van der Waals surface area contributed by atoms with Crippen LogP contribution in [-0.2, 0) is 11.2 Å². The van der Waals surface area contributed by atoms with Crippen LogP contribution in [0.15, 0.2) is 34.9 Å². The summed E-state index contributed by atoms with van der Waals surface area (Å²) < 4.78 is 5.49. The van der Waals surface area contributed by atoms with Crippen LogP contribution in [0.25, 0.3) is 0 Å². The molecule has 1 aliphatic heterocycles. The molecule has 1 saturated heterocycles. The van der Waals surface area contributed by atoms with E-state index in [1.54, 1.807) is 29.4 Å². The summed E-state index contributed by atoms with van der Waals surface area (Å²) in [6, 6.07) is 6.16. The zero-order chi connectivity index (χ0) is 19.0. The van der Waals surface area contributed by atoms with Gasteiger partial charge in [0.15, 0.2) is 0 Å². The monoisotopic (exact) mass is 406 g/mol. The summed E-state index contributed by atoms with van der Waals surface area (Å²) in [5.41, 5.74) is 1.38. The molecule has 4 rings (SSSR count). The van der Waals surface area contributed by atoms with E-state index in [0.29, 0.717) is 28.6 Å². The molecule has 2 atom stereocenters. The molecule has 5 nitrogen and oxygen atoms in total. The van der Waals surface area contributed by atoms with Crippen molar-refractivity contribution in [2.24, 2.45) is 0 Å². The van der Waals surface area contributed by atoms with Gasteiger partial charge in [-0.05, 0) is 49.9 Å². The number of likely N-dealkylation sites (tertiary alicyclic amines) is 1. The lowest BCUT2D eigenvalue weighted by atomic mass is 9.93. The van der Waals surface area contributed by atoms with Crippen LogP contribution in [0.4, 0.5) is 0 Å². The van der Waals surface area contributed by atoms with Crippen LogP contribution in [-0.4, -0.2) is 29.3 Å². The van der Waals surface area contributed by atoms with Gasteiger partial charge in [0, 0.05) is 23.6 Å². The molecule has 27 heavy (non-hydrogen) atoms. The lowest BCUT2D eigenvalue weighted by molar-refractivity contribution is -0.125. The maximum Gasteiger partial charge on any atom is 0.256 e. The Labute approximate surface area is 167 Å². The number of carbonyl (C=O) groups is 2. The number of nitrogens with zero attached hydrogens (tertiary/aromatic N) is 1. The molecule has 0 bridgehead atoms. The standard InChI is InChI=1S/C20H20Cl2N2O3/c21-12-6-7-15(22)14(11-12)20(26)24-9-2-4-17(24)19(25)23-16-3-1-5-18-13(16)8-10-27-18/h6-8,10-11,16-17H,1-5,9H2,(H,23,25). The normalized spacial score (nSPS) is 21.8. The Morgan fingerprint density at radius 3 is 2.85 bits per heavy atom. The Morgan fingerprint density at radius 2 is 2.00 bits per heavy atom. The van der Waals surface area contributed by atoms with Crippen molar-refractivity contribution >= 4 is 35.0 Å². The first-order valence-electron chi connectivity index (χ1n) is 9.17. The Morgan fingerprint density at radius 1 is 1.15 bits per heavy atom. The number of amides is 2. The van der Waals surface area contributed by atoms with Crippen LogP contribution in [0.2, 0.25) is 10.0 Å². The number of hydrogen-bond donors (Lipinski definition) is 1. The smallest absolute Gasteiger partial charge is 0.256 e. The molecular formula is C20H20Cl2N2O3. The van der Waals surface area contributed by atoms with E-state index in [1.165, 1.54) is 0 Å². The average Bonchev–Trinajstić information content (AvgIpc) is 3.32. The molecule has 2 unspecified atom stereocenters. The molecule has 0 spiro atoms. The van der Waals surface area contributed by atoms with Crippen molar-refractivity contribution in [1.29, 1.82) is 0 Å². The highest BCUT2D eigenvalue weighted by atomic mass is 35.5. The number of hydrogen-bond acceptors (Lipinski definition) is 3. The molecule has 1 aromatic heterocycles. The van der Waals surface area contributed by atoms with Crippen molar-refractivity contribution in [3.8, 4) is 0 Å². The van der Waals surface area contributed by atoms with Crippen LogP contribution in [0, 0.1) is 0 Å². The number of halogens is 2. The van der Waals surface area contributed by atoms with E-state index in [4.69, 9.17) is 27.6 Å². The highest BCUT2D eigenvalue weighted by Crippen LogP contribution is 2.31. The molecule has 2 aromatic rings. The topological polar surface area (TPSA) is 62.6 Å². The lowest BCUT2D eigenvalue weighted by Crippen LogP contribution is -2.47. The van der Waals surface area contributed by atoms with E-state index < -0.39 is 6.04 Å². The number of carbonyl (C=O) groups excluding carboxylic acids is 2. The van der Waals surface area contributed by atoms with Gasteiger partial charge in [-0.2, -0.15) is 0 Å². The molecule has 1 aromatic carbocycles. The van der Waals surface area contributed by atoms with Crippen LogP contribution >= 0.6 is 23.2 Å². The number of benzene rings is 1. The summed E-state index contributed by atoms with van der Waals surface area (Å²) in [7, 11) is 0. The fourth-order valence-electron chi connectivity index (χ4n) is 4.00. The number of fused-ring (bicyclic) bond motifs is 1. The molecule has 142 valence electrons. The zero-order valence-electron chi connectivity index (χ0n) is 14.7. The molecule has 0 saturated carbocycles. The largest absolute Gasteiger partial charge is 0.469 e. The lowest BCUT2D eigenvalue weighted by Gasteiger charge is -2.28. The van der Waals surface area contributed by atoms with Crippen LogP contribution in [0.5, 0.6) is 0 Å². The van der Waals surface area contributed by atoms with Crippen molar-refractivity contribution in [3.63, 3.8) is 0 Å². The summed E-state index contributed by atoms with van der Waals surface area (Å²) in [5.74, 6) is 0.558. The van der Waals surface area contributed by atoms with Crippen molar-refractivity contribution in [2.45, 2.75) is 44.2 Å². The summed E-state index contributed by atoms with van der Waals surface area (Å²) in [4.78, 5) is 27.5. The first kappa shape index (κ1) is 18.4. The minimum atomic E-state index is -0.496. The zero-order valence-corrected chi connectivity index (χ0v) is 16.2. The fraction of sp³-hybridized carbons (Fsp3) is 0.400. The van der Waals surface area contributed by atoms with Gasteiger partial charge in [-0.3, -0.25) is 9.59 Å². The summed E-state index contributed by atoms with van der Waals surface area (Å²) >= 11 is 12.2. The third-order valence-electron chi connectivity index (χ3n) is 5.34. The number of aryl methyl sites for hydroxylation is 1. The molecule has 0 radical (unpaired) electrons. The number of rotatable bonds is 3. The van der Waals surface area contributed by atoms with Gasteiger partial charge in [-0.15, -0.1) is 0 Å². The molecule has 2 heterocycles. The van der Waals surface area contributed by atoms with Gasteiger partial charge < -0.3 is 14.6 Å². The van der Waals surface area contributed by atoms with E-state index in [2.05, 4.69) is 5.32 Å². The first-order chi connectivity index (χ1) is 13.0. The van der Waals surface area contributed by atoms with Gasteiger partial charge >= 0.3 is 0 Å². The van der Waals surface area contributed by atoms with Crippen molar-refractivity contribution < 1.29 is 14.0 Å². The second-order valence-electron chi connectivity index (χ2n) is 7.03. The molecular weight excluding hydrogens is 387 g/mol. The van der Waals surface area contributed by atoms with Gasteiger partial charge in [0.1, 0.15) is 11.8 Å². The Bertz CT molecular complexity index is 880. The summed E-state index contributed by atoms with van der Waals surface area (Å²) in [6.07, 6.45) is 5.83. The minimum absolute atomic E-state index is 0.0627. The van der Waals surface area contributed by atoms with Crippen molar-refractivity contribution in [3.05, 3.63) is 57.5 Å². The predicted molar refractivity (Wildman–Crippen MR) is 103 cm³/mol. The Balaban J connectivity index is 1.51. The molecule has 1 fully saturated rings. The van der Waals surface area contributed by atoms with E-state index in [1.807, 2.05) is 6.07 Å². The van der Waals surface area contributed by atoms with E-state index in [9.17, 15) is 9.59 Å². The maximum atomic E-state index is 13.0. The van der Waals surface area contributed by atoms with Gasteiger partial charge in [0.05, 0.1) is 22.9 Å². The molecule has 7 heteroatoms. The number of nitrogens with one attached hydrogen (secondary N) is 1. The second-order valence-corrected chi connectivity index (χ2v) is 7.88. The molecule has 1 aliphatic carbocycles. The van der Waals surface area contributed by atoms with Gasteiger partial charge in [0.25, 0.3) is 5.91 Å². The van der Waals surface area contributed by atoms with Crippen LogP contribution in [0.3, 0.4) is 0 Å². The highest BCUT2D eigenvalue weighted by Gasteiger charge is 2.36. The van der Waals surface area contributed by atoms with Gasteiger partial charge in [-0.25, -0.2) is 0 Å². The maximum absolute atomic E-state index is 13.0. The van der Waals surface area contributed by atoms with Gasteiger partial charge in [-0.1, -0.05) is 23.2 Å². The second kappa shape index (κ2) is 7.56. The number of furan rings is 1. The van der Waals surface area contributed by atoms with Gasteiger partial charge in [0.2, 0.25) is 5.91 Å².